The molecule has 7 nitrogen and oxygen atoms in total. The van der Waals surface area contributed by atoms with Crippen LogP contribution in [-0.4, -0.2) is 25.5 Å². The van der Waals surface area contributed by atoms with E-state index in [9.17, 15) is 14.7 Å². The van der Waals surface area contributed by atoms with Crippen molar-refractivity contribution in [3.8, 4) is 17.1 Å². The van der Waals surface area contributed by atoms with Crippen molar-refractivity contribution in [2.24, 2.45) is 7.05 Å². The van der Waals surface area contributed by atoms with E-state index in [1.165, 1.54) is 11.6 Å². The number of benzene rings is 1. The molecule has 2 heterocycles. The summed E-state index contributed by atoms with van der Waals surface area (Å²) in [6, 6.07) is 8.23. The molecule has 138 valence electrons. The summed E-state index contributed by atoms with van der Waals surface area (Å²) in [5, 5.41) is 13.5. The van der Waals surface area contributed by atoms with Crippen molar-refractivity contribution in [1.29, 1.82) is 0 Å². The van der Waals surface area contributed by atoms with E-state index in [1.54, 1.807) is 42.7 Å². The van der Waals surface area contributed by atoms with Crippen LogP contribution in [0.1, 0.15) is 16.1 Å². The fourth-order valence-electron chi connectivity index (χ4n) is 2.42. The van der Waals surface area contributed by atoms with Crippen LogP contribution in [0.25, 0.3) is 11.4 Å². The Balaban J connectivity index is 1.91. The summed E-state index contributed by atoms with van der Waals surface area (Å²) in [5.74, 6) is -1.17. The minimum absolute atomic E-state index is 0.122. The van der Waals surface area contributed by atoms with Gasteiger partial charge in [0.2, 0.25) is 5.75 Å². The summed E-state index contributed by atoms with van der Waals surface area (Å²) in [4.78, 5) is 32.9. The van der Waals surface area contributed by atoms with Crippen molar-refractivity contribution >= 4 is 29.1 Å². The van der Waals surface area contributed by atoms with E-state index >= 15 is 0 Å². The van der Waals surface area contributed by atoms with Gasteiger partial charge in [0.1, 0.15) is 5.82 Å². The highest BCUT2D eigenvalue weighted by Crippen LogP contribution is 2.23. The van der Waals surface area contributed by atoms with Crippen molar-refractivity contribution in [2.45, 2.75) is 6.54 Å². The minimum Gasteiger partial charge on any atom is -0.501 e. The van der Waals surface area contributed by atoms with Gasteiger partial charge in [-0.3, -0.25) is 19.1 Å². The first kappa shape index (κ1) is 18.9. The fourth-order valence-corrected chi connectivity index (χ4v) is 2.74. The Hall–Kier alpha value is -2.90. The SMILES string of the molecule is Cn1c(-c2ccncc2)nc(C(=O)NCc2ccc(Cl)c(Cl)c2)c(O)c1=O. The van der Waals surface area contributed by atoms with Crippen LogP contribution in [0.2, 0.25) is 10.0 Å². The van der Waals surface area contributed by atoms with Gasteiger partial charge in [0.25, 0.3) is 11.5 Å². The average Bonchev–Trinajstić information content (AvgIpc) is 2.68. The Labute approximate surface area is 164 Å². The lowest BCUT2D eigenvalue weighted by atomic mass is 10.2. The Kier molecular flexibility index (Phi) is 5.43. The van der Waals surface area contributed by atoms with E-state index < -0.39 is 17.2 Å². The molecule has 27 heavy (non-hydrogen) atoms. The third-order valence-corrected chi connectivity index (χ3v) is 4.60. The molecule has 1 amide bonds. The number of aromatic hydroxyl groups is 1. The lowest BCUT2D eigenvalue weighted by molar-refractivity contribution is 0.0942. The van der Waals surface area contributed by atoms with Gasteiger partial charge in [-0.25, -0.2) is 4.98 Å². The number of carbonyl (C=O) groups is 1. The van der Waals surface area contributed by atoms with Gasteiger partial charge in [-0.15, -0.1) is 0 Å². The van der Waals surface area contributed by atoms with Crippen LogP contribution in [0.4, 0.5) is 0 Å². The standard InChI is InChI=1S/C18H14Cl2N4O3/c1-24-16(11-4-6-21-7-5-11)23-14(15(25)18(24)27)17(26)22-9-10-2-3-12(19)13(20)8-10/h2-8,25H,9H2,1H3,(H,22,26). The third kappa shape index (κ3) is 3.94. The van der Waals surface area contributed by atoms with Crippen LogP contribution in [0.3, 0.4) is 0 Å². The maximum Gasteiger partial charge on any atom is 0.296 e. The van der Waals surface area contributed by atoms with Gasteiger partial charge in [0.05, 0.1) is 10.0 Å². The molecule has 0 radical (unpaired) electrons. The summed E-state index contributed by atoms with van der Waals surface area (Å²) >= 11 is 11.8. The molecule has 0 unspecified atom stereocenters. The first-order valence-corrected chi connectivity index (χ1v) is 8.56. The van der Waals surface area contributed by atoms with Gasteiger partial charge >= 0.3 is 0 Å². The number of aromatic nitrogens is 3. The zero-order chi connectivity index (χ0) is 19.6. The highest BCUT2D eigenvalue weighted by Gasteiger charge is 2.20. The molecule has 9 heteroatoms. The molecular weight excluding hydrogens is 391 g/mol. The quantitative estimate of drug-likeness (QED) is 0.696. The summed E-state index contributed by atoms with van der Waals surface area (Å²) in [5.41, 5.74) is 0.208. The number of amides is 1. The van der Waals surface area contributed by atoms with Gasteiger partial charge in [-0.2, -0.15) is 0 Å². The van der Waals surface area contributed by atoms with Crippen LogP contribution in [0.15, 0.2) is 47.5 Å². The topological polar surface area (TPSA) is 97.1 Å². The second kappa shape index (κ2) is 7.77. The number of pyridine rings is 1. The van der Waals surface area contributed by atoms with Gasteiger partial charge in [0.15, 0.2) is 5.69 Å². The number of carbonyl (C=O) groups excluding carboxylic acids is 1. The Morgan fingerprint density at radius 3 is 2.56 bits per heavy atom. The number of hydrogen-bond donors (Lipinski definition) is 2. The second-order valence-electron chi connectivity index (χ2n) is 5.66. The summed E-state index contributed by atoms with van der Waals surface area (Å²) in [7, 11) is 1.46. The normalized spacial score (nSPS) is 10.6. The molecule has 0 aliphatic heterocycles. The zero-order valence-electron chi connectivity index (χ0n) is 14.1. The molecule has 0 saturated heterocycles. The van der Waals surface area contributed by atoms with E-state index in [4.69, 9.17) is 23.2 Å². The number of hydrogen-bond acceptors (Lipinski definition) is 5. The van der Waals surface area contributed by atoms with Crippen molar-refractivity contribution < 1.29 is 9.90 Å². The number of halogens is 2. The zero-order valence-corrected chi connectivity index (χ0v) is 15.6. The molecule has 0 bridgehead atoms. The molecule has 2 N–H and O–H groups in total. The van der Waals surface area contributed by atoms with Crippen LogP contribution in [-0.2, 0) is 13.6 Å². The lowest BCUT2D eigenvalue weighted by Gasteiger charge is -2.12. The maximum atomic E-state index is 12.5. The van der Waals surface area contributed by atoms with Crippen molar-refractivity contribution in [3.05, 3.63) is 74.4 Å². The van der Waals surface area contributed by atoms with E-state index in [2.05, 4.69) is 15.3 Å². The molecule has 0 saturated carbocycles. The highest BCUT2D eigenvalue weighted by atomic mass is 35.5. The summed E-state index contributed by atoms with van der Waals surface area (Å²) in [6.45, 7) is 0.122. The van der Waals surface area contributed by atoms with Crippen molar-refractivity contribution in [1.82, 2.24) is 19.9 Å². The van der Waals surface area contributed by atoms with E-state index in [0.29, 0.717) is 21.2 Å². The second-order valence-corrected chi connectivity index (χ2v) is 6.48. The Morgan fingerprint density at radius 2 is 1.89 bits per heavy atom. The van der Waals surface area contributed by atoms with Crippen LogP contribution in [0, 0.1) is 0 Å². The van der Waals surface area contributed by atoms with Crippen LogP contribution in [0.5, 0.6) is 5.75 Å². The summed E-state index contributed by atoms with van der Waals surface area (Å²) in [6.07, 6.45) is 3.08. The molecule has 0 aliphatic carbocycles. The number of nitrogens with zero attached hydrogens (tertiary/aromatic N) is 3. The predicted octanol–water partition coefficient (Wildman–Crippen LogP) is 2.78. The minimum atomic E-state index is -0.725. The van der Waals surface area contributed by atoms with Gasteiger partial charge in [0, 0.05) is 31.5 Å². The molecule has 3 rings (SSSR count). The van der Waals surface area contributed by atoms with Crippen molar-refractivity contribution in [2.75, 3.05) is 0 Å². The monoisotopic (exact) mass is 404 g/mol. The molecular formula is C18H14Cl2N4O3. The van der Waals surface area contributed by atoms with Gasteiger partial charge < -0.3 is 10.4 Å². The lowest BCUT2D eigenvalue weighted by Crippen LogP contribution is -2.29. The molecule has 0 atom stereocenters. The molecule has 0 fully saturated rings. The predicted molar refractivity (Wildman–Crippen MR) is 102 cm³/mol. The van der Waals surface area contributed by atoms with E-state index in [0.717, 1.165) is 0 Å². The van der Waals surface area contributed by atoms with E-state index in [1.807, 2.05) is 0 Å². The summed E-state index contributed by atoms with van der Waals surface area (Å²) < 4.78 is 1.17. The van der Waals surface area contributed by atoms with Crippen molar-refractivity contribution in [3.63, 3.8) is 0 Å². The highest BCUT2D eigenvalue weighted by molar-refractivity contribution is 6.42. The van der Waals surface area contributed by atoms with E-state index in [-0.39, 0.29) is 18.1 Å². The Morgan fingerprint density at radius 1 is 1.19 bits per heavy atom. The molecule has 1 aromatic carbocycles. The Bertz CT molecular complexity index is 1070. The molecule has 0 spiro atoms. The first-order valence-electron chi connectivity index (χ1n) is 7.81. The van der Waals surface area contributed by atoms with Gasteiger partial charge in [-0.1, -0.05) is 29.3 Å². The van der Waals surface area contributed by atoms with Crippen LogP contribution < -0.4 is 10.9 Å². The average molecular weight is 405 g/mol. The largest absolute Gasteiger partial charge is 0.501 e. The molecule has 3 aromatic rings. The van der Waals surface area contributed by atoms with Crippen LogP contribution >= 0.6 is 23.2 Å². The smallest absolute Gasteiger partial charge is 0.296 e. The fraction of sp³-hybridized carbons (Fsp3) is 0.111. The third-order valence-electron chi connectivity index (χ3n) is 3.86. The number of nitrogens with one attached hydrogen (secondary N) is 1. The van der Waals surface area contributed by atoms with Gasteiger partial charge in [-0.05, 0) is 29.8 Å². The number of rotatable bonds is 4. The first-order chi connectivity index (χ1) is 12.9. The molecule has 2 aromatic heterocycles. The molecule has 0 aliphatic rings. The maximum absolute atomic E-state index is 12.5.